The summed E-state index contributed by atoms with van der Waals surface area (Å²) in [7, 11) is 0. The largest absolute Gasteiger partial charge is 0.508 e. The first-order valence-corrected chi connectivity index (χ1v) is 7.21. The van der Waals surface area contributed by atoms with Gasteiger partial charge in [0.15, 0.2) is 0 Å². The van der Waals surface area contributed by atoms with Crippen molar-refractivity contribution in [2.75, 3.05) is 23.3 Å². The second kappa shape index (κ2) is 6.39. The Kier molecular flexibility index (Phi) is 4.58. The van der Waals surface area contributed by atoms with Crippen molar-refractivity contribution in [1.82, 2.24) is 0 Å². The summed E-state index contributed by atoms with van der Waals surface area (Å²) in [5, 5.41) is 23.3. The second-order valence-corrected chi connectivity index (χ2v) is 4.92. The molecule has 0 aliphatic heterocycles. The molecule has 3 N–H and O–H groups in total. The van der Waals surface area contributed by atoms with Crippen molar-refractivity contribution in [3.63, 3.8) is 0 Å². The van der Waals surface area contributed by atoms with Crippen LogP contribution in [0.25, 0.3) is 0 Å². The molecule has 0 saturated carbocycles. The zero-order valence-electron chi connectivity index (χ0n) is 12.7. The van der Waals surface area contributed by atoms with E-state index < -0.39 is 0 Å². The molecule has 0 fully saturated rings. The fourth-order valence-corrected chi connectivity index (χ4v) is 2.38. The lowest BCUT2D eigenvalue weighted by atomic mass is 10.1. The van der Waals surface area contributed by atoms with Crippen LogP contribution in [0.15, 0.2) is 36.4 Å². The number of hydrogen-bond acceptors (Lipinski definition) is 4. The van der Waals surface area contributed by atoms with Crippen molar-refractivity contribution in [2.45, 2.75) is 20.8 Å². The number of para-hydroxylation sites is 1. The average Bonchev–Trinajstić information content (AvgIpc) is 2.48. The van der Waals surface area contributed by atoms with Crippen molar-refractivity contribution in [1.29, 1.82) is 0 Å². The fraction of sp³-hybridized carbons (Fsp3) is 0.294. The lowest BCUT2D eigenvalue weighted by Gasteiger charge is -2.25. The van der Waals surface area contributed by atoms with Crippen molar-refractivity contribution < 1.29 is 10.2 Å². The van der Waals surface area contributed by atoms with Gasteiger partial charge in [0.1, 0.15) is 17.2 Å². The van der Waals surface area contributed by atoms with Gasteiger partial charge in [-0.1, -0.05) is 12.1 Å². The van der Waals surface area contributed by atoms with Gasteiger partial charge in [-0.05, 0) is 45.0 Å². The van der Waals surface area contributed by atoms with E-state index in [0.717, 1.165) is 30.0 Å². The van der Waals surface area contributed by atoms with Crippen molar-refractivity contribution in [3.8, 4) is 11.5 Å². The van der Waals surface area contributed by atoms with E-state index in [2.05, 4.69) is 24.1 Å². The predicted molar refractivity (Wildman–Crippen MR) is 87.8 cm³/mol. The second-order valence-electron chi connectivity index (χ2n) is 4.92. The molecule has 2 aromatic rings. The van der Waals surface area contributed by atoms with Gasteiger partial charge in [-0.2, -0.15) is 0 Å². The van der Waals surface area contributed by atoms with Crippen LogP contribution in [0.5, 0.6) is 11.5 Å². The molecule has 2 aromatic carbocycles. The number of anilines is 3. The molecule has 0 aromatic heterocycles. The zero-order valence-corrected chi connectivity index (χ0v) is 12.7. The van der Waals surface area contributed by atoms with Gasteiger partial charge in [0.2, 0.25) is 0 Å². The van der Waals surface area contributed by atoms with Gasteiger partial charge in [-0.3, -0.25) is 0 Å². The van der Waals surface area contributed by atoms with E-state index in [0.29, 0.717) is 5.69 Å². The monoisotopic (exact) mass is 286 g/mol. The summed E-state index contributed by atoms with van der Waals surface area (Å²) in [6, 6.07) is 10.8. The molecule has 0 bridgehead atoms. The number of rotatable bonds is 5. The molecule has 0 spiro atoms. The lowest BCUT2D eigenvalue weighted by molar-refractivity contribution is 0.471. The molecule has 0 atom stereocenters. The van der Waals surface area contributed by atoms with E-state index in [-0.39, 0.29) is 11.5 Å². The SMILES string of the molecule is CCN(CC)c1cccc(O)c1Nc1cccc(O)c1C. The molecule has 0 aliphatic carbocycles. The highest BCUT2D eigenvalue weighted by Crippen LogP contribution is 2.38. The van der Waals surface area contributed by atoms with E-state index in [1.165, 1.54) is 0 Å². The summed E-state index contributed by atoms with van der Waals surface area (Å²) >= 11 is 0. The first-order valence-electron chi connectivity index (χ1n) is 7.21. The molecule has 4 nitrogen and oxygen atoms in total. The maximum Gasteiger partial charge on any atom is 0.141 e. The highest BCUT2D eigenvalue weighted by molar-refractivity contribution is 5.81. The Morgan fingerprint density at radius 1 is 0.952 bits per heavy atom. The van der Waals surface area contributed by atoms with Crippen LogP contribution in [0.1, 0.15) is 19.4 Å². The fourth-order valence-electron chi connectivity index (χ4n) is 2.38. The number of nitrogens with zero attached hydrogens (tertiary/aromatic N) is 1. The summed E-state index contributed by atoms with van der Waals surface area (Å²) < 4.78 is 0. The van der Waals surface area contributed by atoms with Crippen molar-refractivity contribution in [2.24, 2.45) is 0 Å². The Morgan fingerprint density at radius 2 is 1.57 bits per heavy atom. The Labute approximate surface area is 125 Å². The Balaban J connectivity index is 2.46. The van der Waals surface area contributed by atoms with Crippen LogP contribution >= 0.6 is 0 Å². The molecular weight excluding hydrogens is 264 g/mol. The quantitative estimate of drug-likeness (QED) is 0.727. The van der Waals surface area contributed by atoms with Crippen LogP contribution in [0, 0.1) is 6.92 Å². The highest BCUT2D eigenvalue weighted by atomic mass is 16.3. The highest BCUT2D eigenvalue weighted by Gasteiger charge is 2.14. The van der Waals surface area contributed by atoms with Gasteiger partial charge in [-0.25, -0.2) is 0 Å². The minimum atomic E-state index is 0.196. The average molecular weight is 286 g/mol. The summed E-state index contributed by atoms with van der Waals surface area (Å²) in [6.45, 7) is 7.71. The lowest BCUT2D eigenvalue weighted by Crippen LogP contribution is -2.22. The summed E-state index contributed by atoms with van der Waals surface area (Å²) in [5.74, 6) is 0.432. The summed E-state index contributed by atoms with van der Waals surface area (Å²) in [5.41, 5.74) is 3.15. The third kappa shape index (κ3) is 3.05. The first-order chi connectivity index (χ1) is 10.1. The van der Waals surface area contributed by atoms with Crippen LogP contribution < -0.4 is 10.2 Å². The van der Waals surface area contributed by atoms with E-state index >= 15 is 0 Å². The third-order valence-electron chi connectivity index (χ3n) is 3.69. The minimum absolute atomic E-state index is 0.196. The molecule has 112 valence electrons. The number of hydrogen-bond donors (Lipinski definition) is 3. The van der Waals surface area contributed by atoms with Crippen LogP contribution in [-0.2, 0) is 0 Å². The van der Waals surface area contributed by atoms with Gasteiger partial charge >= 0.3 is 0 Å². The van der Waals surface area contributed by atoms with Gasteiger partial charge in [-0.15, -0.1) is 0 Å². The first kappa shape index (κ1) is 15.0. The van der Waals surface area contributed by atoms with Crippen LogP contribution in [0.3, 0.4) is 0 Å². The smallest absolute Gasteiger partial charge is 0.141 e. The van der Waals surface area contributed by atoms with E-state index in [1.807, 2.05) is 25.1 Å². The van der Waals surface area contributed by atoms with E-state index in [9.17, 15) is 10.2 Å². The standard InChI is InChI=1S/C17H22N2O2/c1-4-19(5-2)14-9-7-11-16(21)17(14)18-13-8-6-10-15(20)12(13)3/h6-11,18,20-21H,4-5H2,1-3H3. The van der Waals surface area contributed by atoms with Gasteiger partial charge in [0.05, 0.1) is 5.69 Å². The Morgan fingerprint density at radius 3 is 2.24 bits per heavy atom. The number of aromatic hydroxyl groups is 2. The minimum Gasteiger partial charge on any atom is -0.508 e. The summed E-state index contributed by atoms with van der Waals surface area (Å²) in [6.07, 6.45) is 0. The number of phenolic OH excluding ortho intramolecular Hbond substituents is 2. The van der Waals surface area contributed by atoms with Gasteiger partial charge in [0, 0.05) is 24.3 Å². The molecule has 0 saturated heterocycles. The third-order valence-corrected chi connectivity index (χ3v) is 3.69. The van der Waals surface area contributed by atoms with Crippen LogP contribution in [-0.4, -0.2) is 23.3 Å². The number of nitrogens with one attached hydrogen (secondary N) is 1. The van der Waals surface area contributed by atoms with Gasteiger partial charge < -0.3 is 20.4 Å². The molecule has 2 rings (SSSR count). The topological polar surface area (TPSA) is 55.7 Å². The molecular formula is C17H22N2O2. The van der Waals surface area contributed by atoms with E-state index in [4.69, 9.17) is 0 Å². The Hall–Kier alpha value is -2.36. The van der Waals surface area contributed by atoms with E-state index in [1.54, 1.807) is 18.2 Å². The van der Waals surface area contributed by atoms with Gasteiger partial charge in [0.25, 0.3) is 0 Å². The molecule has 4 heteroatoms. The van der Waals surface area contributed by atoms with Crippen LogP contribution in [0.2, 0.25) is 0 Å². The zero-order chi connectivity index (χ0) is 15.4. The normalized spacial score (nSPS) is 10.4. The maximum absolute atomic E-state index is 10.2. The van der Waals surface area contributed by atoms with Crippen LogP contribution in [0.4, 0.5) is 17.1 Å². The van der Waals surface area contributed by atoms with Crippen molar-refractivity contribution >= 4 is 17.1 Å². The molecule has 0 amide bonds. The summed E-state index contributed by atoms with van der Waals surface area (Å²) in [4.78, 5) is 2.17. The Bertz CT molecular complexity index is 622. The molecule has 21 heavy (non-hydrogen) atoms. The molecule has 0 heterocycles. The predicted octanol–water partition coefficient (Wildman–Crippen LogP) is 4.00. The maximum atomic E-state index is 10.2. The molecule has 0 unspecified atom stereocenters. The number of benzene rings is 2. The van der Waals surface area contributed by atoms with Crippen molar-refractivity contribution in [3.05, 3.63) is 42.0 Å². The molecule has 0 aliphatic rings. The molecule has 0 radical (unpaired) electrons. The number of phenols is 2.